The summed E-state index contributed by atoms with van der Waals surface area (Å²) in [5.74, 6) is -3.34. The molecule has 1 saturated carbocycles. The molecule has 3 N–H and O–H groups in total. The van der Waals surface area contributed by atoms with Gasteiger partial charge >= 0.3 is 6.18 Å². The lowest BCUT2D eigenvalue weighted by molar-refractivity contribution is -0.142. The van der Waals surface area contributed by atoms with Gasteiger partial charge in [0, 0.05) is 28.5 Å². The molecule has 0 radical (unpaired) electrons. The highest BCUT2D eigenvalue weighted by atomic mass is 19.4. The zero-order chi connectivity index (χ0) is 35.7. The van der Waals surface area contributed by atoms with Crippen LogP contribution in [0.5, 0.6) is 0 Å². The van der Waals surface area contributed by atoms with Crippen LogP contribution in [-0.4, -0.2) is 41.6 Å². The van der Waals surface area contributed by atoms with Crippen molar-refractivity contribution in [1.29, 1.82) is 0 Å². The third kappa shape index (κ3) is 6.19. The van der Waals surface area contributed by atoms with Crippen molar-refractivity contribution in [2.24, 2.45) is 5.92 Å². The summed E-state index contributed by atoms with van der Waals surface area (Å²) in [6, 6.07) is 9.98. The quantitative estimate of drug-likeness (QED) is 0.132. The Morgan fingerprint density at radius 3 is 2.56 bits per heavy atom. The van der Waals surface area contributed by atoms with Gasteiger partial charge in [0.05, 0.1) is 23.4 Å². The topological polar surface area (TPSA) is 109 Å². The first-order chi connectivity index (χ1) is 23.5. The van der Waals surface area contributed by atoms with Gasteiger partial charge in [0.15, 0.2) is 5.69 Å². The van der Waals surface area contributed by atoms with E-state index in [1.807, 2.05) is 0 Å². The summed E-state index contributed by atoms with van der Waals surface area (Å²) in [5, 5.41) is 23.9. The Labute approximate surface area is 279 Å². The molecule has 2 aliphatic rings. The van der Waals surface area contributed by atoms with E-state index in [9.17, 15) is 31.9 Å². The standard InChI is InChI=1S/C35H27F7N6O2/c1-33(2,50)9-8-20-6-7-22(21-4-3-5-26-24(21)15-43-46-26)30(44-20)27(12-17-10-18(36)13-19(37)11-17)45-28(49)16-48-32-29(31(47-48)35(40,41)42)23-14-25(23)34(32,38)39/h3-7,10-11,13,15,23,25,27,50H,12,14,16H2,1-2H3,(H,43,46)(H,45,49)/t23-,25+,27?/m0/s1. The molecule has 0 spiro atoms. The van der Waals surface area contributed by atoms with Crippen LogP contribution >= 0.6 is 0 Å². The molecule has 0 saturated heterocycles. The van der Waals surface area contributed by atoms with Gasteiger partial charge in [-0.2, -0.15) is 32.1 Å². The number of amides is 1. The molecule has 1 fully saturated rings. The van der Waals surface area contributed by atoms with Crippen LogP contribution in [0.15, 0.2) is 54.7 Å². The van der Waals surface area contributed by atoms with Crippen LogP contribution < -0.4 is 5.32 Å². The first-order valence-corrected chi connectivity index (χ1v) is 15.5. The second-order valence-electron chi connectivity index (χ2n) is 13.0. The Bertz CT molecular complexity index is 2200. The minimum atomic E-state index is -5.03. The smallest absolute Gasteiger partial charge is 0.378 e. The van der Waals surface area contributed by atoms with Crippen molar-refractivity contribution in [2.75, 3.05) is 0 Å². The first-order valence-electron chi connectivity index (χ1n) is 15.5. The highest BCUT2D eigenvalue weighted by Gasteiger charge is 2.68. The van der Waals surface area contributed by atoms with E-state index in [-0.39, 0.29) is 29.8 Å². The fraction of sp³-hybridized carbons (Fsp3) is 0.314. The number of hydrogen-bond donors (Lipinski definition) is 3. The number of pyridine rings is 1. The maximum atomic E-state index is 15.2. The number of carbonyl (C=O) groups is 1. The molecule has 15 heteroatoms. The number of nitrogens with one attached hydrogen (secondary N) is 2. The summed E-state index contributed by atoms with van der Waals surface area (Å²) in [7, 11) is 0. The van der Waals surface area contributed by atoms with E-state index in [0.717, 1.165) is 12.1 Å². The van der Waals surface area contributed by atoms with Gasteiger partial charge in [0.1, 0.15) is 35.2 Å². The van der Waals surface area contributed by atoms with Crippen molar-refractivity contribution >= 4 is 16.8 Å². The number of H-pyrrole nitrogens is 1. The maximum Gasteiger partial charge on any atom is 0.435 e. The highest BCUT2D eigenvalue weighted by Crippen LogP contribution is 2.68. The molecule has 1 unspecified atom stereocenters. The largest absolute Gasteiger partial charge is 0.435 e. The minimum Gasteiger partial charge on any atom is -0.378 e. The van der Waals surface area contributed by atoms with Gasteiger partial charge in [-0.25, -0.2) is 13.8 Å². The molecular weight excluding hydrogens is 669 g/mol. The monoisotopic (exact) mass is 696 g/mol. The number of aromatic amines is 1. The molecule has 0 aliphatic heterocycles. The summed E-state index contributed by atoms with van der Waals surface area (Å²) in [6.07, 6.45) is -3.86. The van der Waals surface area contributed by atoms with Crippen molar-refractivity contribution in [3.63, 3.8) is 0 Å². The van der Waals surface area contributed by atoms with Crippen molar-refractivity contribution < 1.29 is 40.6 Å². The van der Waals surface area contributed by atoms with E-state index in [0.29, 0.717) is 32.8 Å². The van der Waals surface area contributed by atoms with Crippen LogP contribution in [0.1, 0.15) is 66.1 Å². The first kappa shape index (κ1) is 33.3. The predicted octanol–water partition coefficient (Wildman–Crippen LogP) is 6.55. The van der Waals surface area contributed by atoms with Gasteiger partial charge in [0.2, 0.25) is 5.91 Å². The third-order valence-corrected chi connectivity index (χ3v) is 8.72. The molecule has 50 heavy (non-hydrogen) atoms. The van der Waals surface area contributed by atoms with E-state index in [1.165, 1.54) is 13.8 Å². The molecule has 7 rings (SSSR count). The predicted molar refractivity (Wildman–Crippen MR) is 165 cm³/mol. The van der Waals surface area contributed by atoms with E-state index in [1.54, 1.807) is 36.5 Å². The Morgan fingerprint density at radius 1 is 1.12 bits per heavy atom. The molecular formula is C35H27F7N6O2. The molecule has 3 atom stereocenters. The third-order valence-electron chi connectivity index (χ3n) is 8.72. The Balaban J connectivity index is 1.33. The number of alkyl halides is 5. The SMILES string of the molecule is CC(C)(O)C#Cc1ccc(-c2cccc3[nH]ncc23)c(C(Cc2cc(F)cc(F)c2)NC(=O)Cn2nc(C(F)(F)F)c3c2C(F)(F)[C@@H]2C[C@H]32)n1. The number of benzene rings is 2. The van der Waals surface area contributed by atoms with Crippen LogP contribution in [0.2, 0.25) is 0 Å². The molecule has 3 heterocycles. The van der Waals surface area contributed by atoms with Crippen LogP contribution in [0.4, 0.5) is 30.7 Å². The molecule has 258 valence electrons. The van der Waals surface area contributed by atoms with Crippen molar-refractivity contribution in [2.45, 2.75) is 62.9 Å². The minimum absolute atomic E-state index is 0.0843. The fourth-order valence-corrected chi connectivity index (χ4v) is 6.61. The molecule has 5 aromatic rings. The molecule has 1 amide bonds. The van der Waals surface area contributed by atoms with Gasteiger partial charge in [-0.3, -0.25) is 14.6 Å². The lowest BCUT2D eigenvalue weighted by Gasteiger charge is -2.23. The number of halogens is 7. The number of aromatic nitrogens is 5. The van der Waals surface area contributed by atoms with Gasteiger partial charge < -0.3 is 10.4 Å². The number of fused-ring (bicyclic) bond motifs is 4. The van der Waals surface area contributed by atoms with Crippen molar-refractivity contribution in [3.8, 4) is 23.0 Å². The molecule has 0 bridgehead atoms. The Morgan fingerprint density at radius 2 is 1.86 bits per heavy atom. The van der Waals surface area contributed by atoms with E-state index in [2.05, 4.69) is 37.4 Å². The van der Waals surface area contributed by atoms with Crippen LogP contribution in [0.25, 0.3) is 22.0 Å². The number of rotatable bonds is 7. The molecule has 8 nitrogen and oxygen atoms in total. The fourth-order valence-electron chi connectivity index (χ4n) is 6.61. The molecule has 3 aromatic heterocycles. The zero-order valence-electron chi connectivity index (χ0n) is 26.3. The second-order valence-corrected chi connectivity index (χ2v) is 13.0. The number of carbonyl (C=O) groups excluding carboxylic acids is 1. The average molecular weight is 697 g/mol. The van der Waals surface area contributed by atoms with Crippen LogP contribution in [0, 0.1) is 29.4 Å². The average Bonchev–Trinajstić information content (AvgIpc) is 3.39. The lowest BCUT2D eigenvalue weighted by Crippen LogP contribution is -2.35. The summed E-state index contributed by atoms with van der Waals surface area (Å²) >= 11 is 0. The Kier molecular flexibility index (Phi) is 7.78. The van der Waals surface area contributed by atoms with E-state index >= 15 is 8.78 Å². The van der Waals surface area contributed by atoms with Crippen LogP contribution in [0.3, 0.4) is 0 Å². The normalized spacial score (nSPS) is 18.3. The summed E-state index contributed by atoms with van der Waals surface area (Å²) in [4.78, 5) is 18.4. The maximum absolute atomic E-state index is 15.2. The van der Waals surface area contributed by atoms with Gasteiger partial charge in [0.25, 0.3) is 5.92 Å². The van der Waals surface area contributed by atoms with Crippen molar-refractivity contribution in [1.82, 2.24) is 30.3 Å². The second kappa shape index (κ2) is 11.7. The van der Waals surface area contributed by atoms with Gasteiger partial charge in [-0.15, -0.1) is 0 Å². The number of hydrogen-bond acceptors (Lipinski definition) is 5. The zero-order valence-corrected chi connectivity index (χ0v) is 26.3. The van der Waals surface area contributed by atoms with Crippen LogP contribution in [-0.2, 0) is 29.9 Å². The van der Waals surface area contributed by atoms with E-state index in [4.69, 9.17) is 0 Å². The van der Waals surface area contributed by atoms with Gasteiger partial charge in [-0.05, 0) is 80.0 Å². The number of aliphatic hydroxyl groups is 1. The summed E-state index contributed by atoms with van der Waals surface area (Å²) in [6.45, 7) is 1.91. The van der Waals surface area contributed by atoms with E-state index < -0.39 is 76.6 Å². The molecule has 2 aliphatic carbocycles. The number of nitrogens with zero attached hydrogens (tertiary/aromatic N) is 4. The molecule has 2 aromatic carbocycles. The summed E-state index contributed by atoms with van der Waals surface area (Å²) < 4.78 is 101. The highest BCUT2D eigenvalue weighted by molar-refractivity contribution is 5.95. The van der Waals surface area contributed by atoms with Gasteiger partial charge in [-0.1, -0.05) is 18.1 Å². The Hall–Kier alpha value is -5.23. The lowest BCUT2D eigenvalue weighted by atomic mass is 9.93. The summed E-state index contributed by atoms with van der Waals surface area (Å²) in [5.41, 5.74) is -2.37. The van der Waals surface area contributed by atoms with Crippen molar-refractivity contribution in [3.05, 3.63) is 100 Å².